The average molecular weight is 219 g/mol. The van der Waals surface area contributed by atoms with Crippen LogP contribution in [0.3, 0.4) is 0 Å². The molecule has 0 saturated heterocycles. The van der Waals surface area contributed by atoms with E-state index in [1.165, 1.54) is 7.11 Å². The van der Waals surface area contributed by atoms with E-state index in [2.05, 4.69) is 4.74 Å². The first-order chi connectivity index (χ1) is 7.54. The van der Waals surface area contributed by atoms with Crippen LogP contribution in [-0.4, -0.2) is 19.0 Å². The van der Waals surface area contributed by atoms with Crippen molar-refractivity contribution < 1.29 is 14.3 Å². The highest BCUT2D eigenvalue weighted by molar-refractivity contribution is 5.96. The van der Waals surface area contributed by atoms with Crippen LogP contribution in [0.25, 0.3) is 6.08 Å². The van der Waals surface area contributed by atoms with Crippen molar-refractivity contribution >= 4 is 18.0 Å². The number of ether oxygens (including phenoxy) is 1. The van der Waals surface area contributed by atoms with Crippen molar-refractivity contribution in [2.45, 2.75) is 6.92 Å². The van der Waals surface area contributed by atoms with Crippen molar-refractivity contribution in [2.24, 2.45) is 5.73 Å². The smallest absolute Gasteiger partial charge is 0.337 e. The Morgan fingerprint density at radius 2 is 1.81 bits per heavy atom. The zero-order valence-electron chi connectivity index (χ0n) is 9.19. The predicted octanol–water partition coefficient (Wildman–Crippen LogP) is 1.36. The Kier molecular flexibility index (Phi) is 3.83. The molecule has 1 aromatic carbocycles. The monoisotopic (exact) mass is 219 g/mol. The molecule has 0 aliphatic heterocycles. The summed E-state index contributed by atoms with van der Waals surface area (Å²) in [5.74, 6) is -0.848. The van der Waals surface area contributed by atoms with Crippen LogP contribution < -0.4 is 5.73 Å². The number of hydrogen-bond acceptors (Lipinski definition) is 3. The lowest BCUT2D eigenvalue weighted by Gasteiger charge is -2.00. The molecule has 0 aliphatic carbocycles. The Hall–Kier alpha value is -2.10. The van der Waals surface area contributed by atoms with Gasteiger partial charge in [-0.1, -0.05) is 12.1 Å². The number of carbonyl (C=O) groups excluding carboxylic acids is 2. The van der Waals surface area contributed by atoms with Gasteiger partial charge in [0.2, 0.25) is 5.91 Å². The maximum atomic E-state index is 11.1. The molecule has 0 unspecified atom stereocenters. The van der Waals surface area contributed by atoms with Gasteiger partial charge in [0.05, 0.1) is 12.7 Å². The number of nitrogens with two attached hydrogens (primary N) is 1. The van der Waals surface area contributed by atoms with Gasteiger partial charge in [0, 0.05) is 5.57 Å². The summed E-state index contributed by atoms with van der Waals surface area (Å²) in [6.45, 7) is 1.64. The van der Waals surface area contributed by atoms with Crippen molar-refractivity contribution in [2.75, 3.05) is 7.11 Å². The summed E-state index contributed by atoms with van der Waals surface area (Å²) in [6.07, 6.45) is 1.66. The zero-order valence-corrected chi connectivity index (χ0v) is 9.19. The summed E-state index contributed by atoms with van der Waals surface area (Å²) >= 11 is 0. The molecular formula is C12H13NO3. The molecule has 0 spiro atoms. The van der Waals surface area contributed by atoms with E-state index in [1.807, 2.05) is 0 Å². The Bertz CT molecular complexity index is 432. The maximum absolute atomic E-state index is 11.1. The number of carbonyl (C=O) groups is 2. The first-order valence-corrected chi connectivity index (χ1v) is 4.71. The van der Waals surface area contributed by atoms with Crippen LogP contribution in [0.5, 0.6) is 0 Å². The maximum Gasteiger partial charge on any atom is 0.337 e. The van der Waals surface area contributed by atoms with Crippen LogP contribution in [0.2, 0.25) is 0 Å². The normalized spacial score (nSPS) is 11.0. The third-order valence-corrected chi connectivity index (χ3v) is 2.10. The number of esters is 1. The van der Waals surface area contributed by atoms with Gasteiger partial charge in [-0.15, -0.1) is 0 Å². The number of amides is 1. The topological polar surface area (TPSA) is 69.4 Å². The van der Waals surface area contributed by atoms with Crippen molar-refractivity contribution in [1.29, 1.82) is 0 Å². The van der Waals surface area contributed by atoms with E-state index in [1.54, 1.807) is 37.3 Å². The molecule has 4 heteroatoms. The van der Waals surface area contributed by atoms with Crippen LogP contribution in [0.15, 0.2) is 29.8 Å². The Morgan fingerprint density at radius 3 is 2.25 bits per heavy atom. The van der Waals surface area contributed by atoms with Crippen molar-refractivity contribution in [3.05, 3.63) is 41.0 Å². The molecule has 1 amide bonds. The summed E-state index contributed by atoms with van der Waals surface area (Å²) in [6, 6.07) is 6.70. The van der Waals surface area contributed by atoms with Gasteiger partial charge in [0.1, 0.15) is 0 Å². The highest BCUT2D eigenvalue weighted by atomic mass is 16.5. The van der Waals surface area contributed by atoms with Gasteiger partial charge in [-0.05, 0) is 30.7 Å². The molecule has 1 aromatic rings. The van der Waals surface area contributed by atoms with Gasteiger partial charge in [-0.2, -0.15) is 0 Å². The fourth-order valence-electron chi connectivity index (χ4n) is 1.15. The van der Waals surface area contributed by atoms with E-state index in [0.717, 1.165) is 5.56 Å². The van der Waals surface area contributed by atoms with Gasteiger partial charge in [0.25, 0.3) is 0 Å². The minimum Gasteiger partial charge on any atom is -0.465 e. The second-order valence-corrected chi connectivity index (χ2v) is 3.31. The summed E-state index contributed by atoms with van der Waals surface area (Å²) in [7, 11) is 1.33. The van der Waals surface area contributed by atoms with E-state index < -0.39 is 5.91 Å². The first kappa shape index (κ1) is 12.0. The molecule has 0 fully saturated rings. The van der Waals surface area contributed by atoms with Crippen molar-refractivity contribution in [3.8, 4) is 0 Å². The Balaban J connectivity index is 2.91. The van der Waals surface area contributed by atoms with Crippen LogP contribution in [0, 0.1) is 0 Å². The molecule has 2 N–H and O–H groups in total. The number of benzene rings is 1. The van der Waals surface area contributed by atoms with Crippen molar-refractivity contribution in [3.63, 3.8) is 0 Å². The minimum atomic E-state index is -0.461. The number of rotatable bonds is 3. The second kappa shape index (κ2) is 5.11. The van der Waals surface area contributed by atoms with E-state index in [9.17, 15) is 9.59 Å². The Labute approximate surface area is 93.7 Å². The highest BCUT2D eigenvalue weighted by Gasteiger charge is 2.04. The van der Waals surface area contributed by atoms with E-state index in [-0.39, 0.29) is 5.97 Å². The molecule has 84 valence electrons. The fourth-order valence-corrected chi connectivity index (χ4v) is 1.15. The standard InChI is InChI=1S/C12H13NO3/c1-8(11(13)14)7-9-3-5-10(6-4-9)12(15)16-2/h3-7H,1-2H3,(H2,13,14). The number of hydrogen-bond donors (Lipinski definition) is 1. The molecule has 16 heavy (non-hydrogen) atoms. The average Bonchev–Trinajstić information content (AvgIpc) is 2.28. The number of methoxy groups -OCH3 is 1. The largest absolute Gasteiger partial charge is 0.465 e. The van der Waals surface area contributed by atoms with E-state index >= 15 is 0 Å². The molecular weight excluding hydrogens is 206 g/mol. The van der Waals surface area contributed by atoms with Gasteiger partial charge in [-0.3, -0.25) is 4.79 Å². The van der Waals surface area contributed by atoms with Crippen LogP contribution in [0.4, 0.5) is 0 Å². The quantitative estimate of drug-likeness (QED) is 0.616. The number of primary amides is 1. The fraction of sp³-hybridized carbons (Fsp3) is 0.167. The highest BCUT2D eigenvalue weighted by Crippen LogP contribution is 2.09. The third kappa shape index (κ3) is 2.95. The summed E-state index contributed by atoms with van der Waals surface area (Å²) in [5, 5.41) is 0. The Morgan fingerprint density at radius 1 is 1.25 bits per heavy atom. The van der Waals surface area contributed by atoms with Crippen LogP contribution >= 0.6 is 0 Å². The molecule has 0 bridgehead atoms. The van der Waals surface area contributed by atoms with E-state index in [4.69, 9.17) is 5.73 Å². The molecule has 1 rings (SSSR count). The van der Waals surface area contributed by atoms with Crippen LogP contribution in [0.1, 0.15) is 22.8 Å². The SMILES string of the molecule is COC(=O)c1ccc(C=C(C)C(N)=O)cc1. The molecule has 0 radical (unpaired) electrons. The van der Waals surface area contributed by atoms with Gasteiger partial charge in [-0.25, -0.2) is 4.79 Å². The molecule has 4 nitrogen and oxygen atoms in total. The van der Waals surface area contributed by atoms with E-state index in [0.29, 0.717) is 11.1 Å². The van der Waals surface area contributed by atoms with Crippen LogP contribution in [-0.2, 0) is 9.53 Å². The van der Waals surface area contributed by atoms with Gasteiger partial charge >= 0.3 is 5.97 Å². The molecule has 0 saturated carbocycles. The van der Waals surface area contributed by atoms with Crippen molar-refractivity contribution in [1.82, 2.24) is 0 Å². The summed E-state index contributed by atoms with van der Waals surface area (Å²) in [5.41, 5.74) is 6.84. The first-order valence-electron chi connectivity index (χ1n) is 4.71. The minimum absolute atomic E-state index is 0.387. The van der Waals surface area contributed by atoms with Gasteiger partial charge < -0.3 is 10.5 Å². The zero-order chi connectivity index (χ0) is 12.1. The lowest BCUT2D eigenvalue weighted by atomic mass is 10.1. The van der Waals surface area contributed by atoms with Gasteiger partial charge in [0.15, 0.2) is 0 Å². The lowest BCUT2D eigenvalue weighted by Crippen LogP contribution is -2.11. The molecule has 0 heterocycles. The molecule has 0 aliphatic rings. The third-order valence-electron chi connectivity index (χ3n) is 2.10. The molecule has 0 aromatic heterocycles. The lowest BCUT2D eigenvalue weighted by molar-refractivity contribution is -0.114. The second-order valence-electron chi connectivity index (χ2n) is 3.31. The molecule has 0 atom stereocenters. The summed E-state index contributed by atoms with van der Waals surface area (Å²) in [4.78, 5) is 21.9. The summed E-state index contributed by atoms with van der Waals surface area (Å²) < 4.78 is 4.57. The predicted molar refractivity (Wildman–Crippen MR) is 60.6 cm³/mol.